The van der Waals surface area contributed by atoms with Crippen molar-refractivity contribution in [3.05, 3.63) is 53.1 Å². The van der Waals surface area contributed by atoms with Crippen LogP contribution >= 0.6 is 11.3 Å². The average molecular weight is 527 g/mol. The summed E-state index contributed by atoms with van der Waals surface area (Å²) in [6.45, 7) is 9.48. The van der Waals surface area contributed by atoms with E-state index in [1.165, 1.54) is 15.8 Å². The molecule has 1 amide bonds. The van der Waals surface area contributed by atoms with Gasteiger partial charge in [-0.15, -0.1) is 0 Å². The molecule has 1 aromatic heterocycles. The van der Waals surface area contributed by atoms with E-state index in [1.807, 2.05) is 11.8 Å². The van der Waals surface area contributed by atoms with E-state index in [4.69, 9.17) is 4.98 Å². The fourth-order valence-electron chi connectivity index (χ4n) is 5.38. The predicted molar refractivity (Wildman–Crippen MR) is 145 cm³/mol. The van der Waals surface area contributed by atoms with Crippen molar-refractivity contribution in [2.75, 3.05) is 37.6 Å². The Morgan fingerprint density at radius 3 is 2.44 bits per heavy atom. The number of anilines is 1. The molecular weight excluding hydrogens is 492 g/mol. The molecule has 0 aliphatic carbocycles. The van der Waals surface area contributed by atoms with E-state index in [0.717, 1.165) is 49.4 Å². The van der Waals surface area contributed by atoms with Crippen LogP contribution in [0.4, 0.5) is 5.13 Å². The normalized spacial score (nSPS) is 19.7. The molecule has 7 nitrogen and oxygen atoms in total. The first-order valence-electron chi connectivity index (χ1n) is 12.8. The number of piperidine rings is 1. The Hall–Kier alpha value is -2.49. The number of sulfonamides is 1. The molecule has 0 spiro atoms. The van der Waals surface area contributed by atoms with Crippen LogP contribution in [-0.2, 0) is 10.0 Å². The predicted octanol–water partition coefficient (Wildman–Crippen LogP) is 4.83. The number of benzene rings is 2. The number of aryl methyl sites for hydroxylation is 2. The van der Waals surface area contributed by atoms with Crippen molar-refractivity contribution in [2.24, 2.45) is 0 Å². The molecule has 0 saturated carbocycles. The number of amides is 1. The molecule has 2 aliphatic rings. The van der Waals surface area contributed by atoms with Gasteiger partial charge in [-0.25, -0.2) is 13.4 Å². The number of hydrogen-bond donors (Lipinski definition) is 0. The van der Waals surface area contributed by atoms with Crippen molar-refractivity contribution in [3.8, 4) is 0 Å². The summed E-state index contributed by atoms with van der Waals surface area (Å²) in [5.74, 6) is -0.0567. The molecule has 3 heterocycles. The minimum absolute atomic E-state index is 0.0567. The number of rotatable bonds is 5. The van der Waals surface area contributed by atoms with Crippen LogP contribution in [0.1, 0.15) is 54.1 Å². The minimum Gasteiger partial charge on any atom is -0.345 e. The summed E-state index contributed by atoms with van der Waals surface area (Å²) in [6, 6.07) is 10.9. The second-order valence-corrected chi connectivity index (χ2v) is 12.8. The van der Waals surface area contributed by atoms with Crippen molar-refractivity contribution in [1.82, 2.24) is 14.2 Å². The molecule has 0 bridgehead atoms. The van der Waals surface area contributed by atoms with Crippen LogP contribution in [0, 0.1) is 13.8 Å². The zero-order chi connectivity index (χ0) is 25.4. The van der Waals surface area contributed by atoms with Crippen molar-refractivity contribution < 1.29 is 13.2 Å². The van der Waals surface area contributed by atoms with Gasteiger partial charge in [-0.05, 0) is 74.6 Å². The lowest BCUT2D eigenvalue weighted by molar-refractivity contribution is 0.0746. The number of fused-ring (bicyclic) bond motifs is 1. The molecule has 3 aromatic rings. The Kier molecular flexibility index (Phi) is 7.07. The number of nitrogens with zero attached hydrogens (tertiary/aromatic N) is 4. The minimum atomic E-state index is -3.55. The third-order valence-electron chi connectivity index (χ3n) is 7.41. The third-order valence-corrected chi connectivity index (χ3v) is 10.4. The third kappa shape index (κ3) is 4.76. The van der Waals surface area contributed by atoms with Gasteiger partial charge in [0.05, 0.1) is 15.1 Å². The van der Waals surface area contributed by atoms with E-state index >= 15 is 0 Å². The molecule has 2 aromatic carbocycles. The highest BCUT2D eigenvalue weighted by Crippen LogP contribution is 2.32. The highest BCUT2D eigenvalue weighted by atomic mass is 32.2. The Labute approximate surface area is 217 Å². The molecule has 5 rings (SSSR count). The van der Waals surface area contributed by atoms with Gasteiger partial charge in [0.1, 0.15) is 0 Å². The van der Waals surface area contributed by atoms with Crippen molar-refractivity contribution in [3.63, 3.8) is 0 Å². The van der Waals surface area contributed by atoms with E-state index in [9.17, 15) is 13.2 Å². The molecule has 192 valence electrons. The summed E-state index contributed by atoms with van der Waals surface area (Å²) >= 11 is 1.71. The number of piperazine rings is 1. The number of carbonyl (C=O) groups excluding carboxylic acids is 1. The van der Waals surface area contributed by atoms with E-state index < -0.39 is 10.0 Å². The van der Waals surface area contributed by atoms with E-state index in [-0.39, 0.29) is 16.8 Å². The molecule has 1 unspecified atom stereocenters. The van der Waals surface area contributed by atoms with Crippen LogP contribution in [0.25, 0.3) is 10.2 Å². The lowest BCUT2D eigenvalue weighted by Gasteiger charge is -2.35. The zero-order valence-electron chi connectivity index (χ0n) is 21.2. The van der Waals surface area contributed by atoms with Gasteiger partial charge in [0.25, 0.3) is 5.91 Å². The van der Waals surface area contributed by atoms with Crippen LogP contribution in [0.5, 0.6) is 0 Å². The SMILES string of the molecule is CCC1CCCCN1S(=O)(=O)c1ccc(C(=O)N2CCN(c3nc4c(C)cc(C)cc4s3)CC2)cc1. The average Bonchev–Trinajstić information content (AvgIpc) is 3.33. The van der Waals surface area contributed by atoms with Crippen LogP contribution in [0.2, 0.25) is 0 Å². The summed E-state index contributed by atoms with van der Waals surface area (Å²) in [4.78, 5) is 22.4. The molecule has 2 aliphatic heterocycles. The molecule has 2 saturated heterocycles. The van der Waals surface area contributed by atoms with E-state index in [1.54, 1.807) is 39.9 Å². The van der Waals surface area contributed by atoms with E-state index in [2.05, 4.69) is 30.9 Å². The second kappa shape index (κ2) is 10.1. The van der Waals surface area contributed by atoms with E-state index in [0.29, 0.717) is 25.2 Å². The van der Waals surface area contributed by atoms with Crippen molar-refractivity contribution in [2.45, 2.75) is 57.4 Å². The summed E-state index contributed by atoms with van der Waals surface area (Å²) in [5, 5.41) is 1.00. The molecule has 9 heteroatoms. The highest BCUT2D eigenvalue weighted by Gasteiger charge is 2.32. The maximum atomic E-state index is 13.2. The van der Waals surface area contributed by atoms with Gasteiger partial charge in [0.2, 0.25) is 10.0 Å². The summed E-state index contributed by atoms with van der Waals surface area (Å²) in [5.41, 5.74) is 4.02. The van der Waals surface area contributed by atoms with Gasteiger partial charge in [-0.3, -0.25) is 4.79 Å². The van der Waals surface area contributed by atoms with Crippen molar-refractivity contribution >= 4 is 42.6 Å². The fraction of sp³-hybridized carbons (Fsp3) is 0.481. The van der Waals surface area contributed by atoms with Gasteiger partial charge < -0.3 is 9.80 Å². The first kappa shape index (κ1) is 25.2. The highest BCUT2D eigenvalue weighted by molar-refractivity contribution is 7.89. The second-order valence-electron chi connectivity index (χ2n) is 9.90. The maximum Gasteiger partial charge on any atom is 0.253 e. The summed E-state index contributed by atoms with van der Waals surface area (Å²) in [6.07, 6.45) is 3.70. The quantitative estimate of drug-likeness (QED) is 0.476. The number of carbonyl (C=O) groups is 1. The fourth-order valence-corrected chi connectivity index (χ4v) is 8.34. The molecule has 1 atom stereocenters. The molecule has 0 N–H and O–H groups in total. The summed E-state index contributed by atoms with van der Waals surface area (Å²) < 4.78 is 29.3. The lowest BCUT2D eigenvalue weighted by Crippen LogP contribution is -2.48. The van der Waals surface area contributed by atoms with Gasteiger partial charge in [-0.1, -0.05) is 30.7 Å². The molecular formula is C27H34N4O3S2. The largest absolute Gasteiger partial charge is 0.345 e. The van der Waals surface area contributed by atoms with Crippen LogP contribution in [0.3, 0.4) is 0 Å². The standard InChI is InChI=1S/C27H34N4O3S2/c1-4-22-7-5-6-12-31(22)36(33,34)23-10-8-21(9-11-23)26(32)29-13-15-30(16-14-29)27-28-25-20(3)17-19(2)18-24(25)35-27/h8-11,17-18,22H,4-7,12-16H2,1-3H3. The van der Waals surface area contributed by atoms with Gasteiger partial charge in [0, 0.05) is 44.3 Å². The van der Waals surface area contributed by atoms with Gasteiger partial charge in [-0.2, -0.15) is 4.31 Å². The van der Waals surface area contributed by atoms with Crippen LogP contribution in [0.15, 0.2) is 41.3 Å². The lowest BCUT2D eigenvalue weighted by atomic mass is 10.0. The molecule has 36 heavy (non-hydrogen) atoms. The van der Waals surface area contributed by atoms with Crippen LogP contribution in [-0.4, -0.2) is 67.3 Å². The number of thiazole rings is 1. The topological polar surface area (TPSA) is 73.8 Å². The summed E-state index contributed by atoms with van der Waals surface area (Å²) in [7, 11) is -3.55. The first-order chi connectivity index (χ1) is 17.3. The van der Waals surface area contributed by atoms with Crippen molar-refractivity contribution in [1.29, 1.82) is 0 Å². The first-order valence-corrected chi connectivity index (χ1v) is 15.1. The Balaban J connectivity index is 1.24. The Morgan fingerprint density at radius 2 is 1.75 bits per heavy atom. The van der Waals surface area contributed by atoms with Gasteiger partial charge >= 0.3 is 0 Å². The monoisotopic (exact) mass is 526 g/mol. The molecule has 0 radical (unpaired) electrons. The van der Waals surface area contributed by atoms with Crippen LogP contribution < -0.4 is 4.90 Å². The Bertz CT molecular complexity index is 1360. The number of hydrogen-bond acceptors (Lipinski definition) is 6. The molecule has 2 fully saturated rings. The Morgan fingerprint density at radius 1 is 1.03 bits per heavy atom. The zero-order valence-corrected chi connectivity index (χ0v) is 22.9. The maximum absolute atomic E-state index is 13.2. The smallest absolute Gasteiger partial charge is 0.253 e. The number of aromatic nitrogens is 1. The van der Waals surface area contributed by atoms with Gasteiger partial charge in [0.15, 0.2) is 5.13 Å².